The van der Waals surface area contributed by atoms with E-state index in [1.54, 1.807) is 12.1 Å². The summed E-state index contributed by atoms with van der Waals surface area (Å²) in [5.41, 5.74) is 1.22. The van der Waals surface area contributed by atoms with Gasteiger partial charge in [0.1, 0.15) is 5.82 Å². The van der Waals surface area contributed by atoms with Crippen molar-refractivity contribution in [1.82, 2.24) is 5.32 Å². The van der Waals surface area contributed by atoms with Crippen molar-refractivity contribution in [1.29, 1.82) is 0 Å². The van der Waals surface area contributed by atoms with Gasteiger partial charge in [-0.3, -0.25) is 0 Å². The minimum absolute atomic E-state index is 0.153. The average molecular weight is 253 g/mol. The molecule has 0 saturated carbocycles. The van der Waals surface area contributed by atoms with Crippen molar-refractivity contribution in [3.8, 4) is 0 Å². The molecule has 0 aliphatic carbocycles. The third-order valence-corrected chi connectivity index (χ3v) is 4.70. The van der Waals surface area contributed by atoms with Crippen molar-refractivity contribution >= 4 is 11.8 Å². The molecule has 1 N–H and O–H groups in total. The van der Waals surface area contributed by atoms with Crippen molar-refractivity contribution in [2.45, 2.75) is 37.5 Å². The highest BCUT2D eigenvalue weighted by atomic mass is 32.2. The Morgan fingerprint density at radius 3 is 2.71 bits per heavy atom. The molecule has 1 aliphatic heterocycles. The van der Waals surface area contributed by atoms with E-state index < -0.39 is 0 Å². The molecule has 1 nitrogen and oxygen atoms in total. The number of halogens is 1. The molecule has 1 fully saturated rings. The van der Waals surface area contributed by atoms with E-state index in [2.05, 4.69) is 24.0 Å². The molecule has 1 aromatic carbocycles. The van der Waals surface area contributed by atoms with Gasteiger partial charge in [0, 0.05) is 11.3 Å². The number of rotatable bonds is 4. The lowest BCUT2D eigenvalue weighted by Gasteiger charge is -2.30. The second-order valence-corrected chi connectivity index (χ2v) is 5.84. The van der Waals surface area contributed by atoms with Crippen LogP contribution in [-0.2, 0) is 0 Å². The summed E-state index contributed by atoms with van der Waals surface area (Å²) < 4.78 is 13.0. The topological polar surface area (TPSA) is 12.0 Å². The molecule has 0 amide bonds. The van der Waals surface area contributed by atoms with E-state index in [-0.39, 0.29) is 5.82 Å². The fourth-order valence-electron chi connectivity index (χ4n) is 2.38. The van der Waals surface area contributed by atoms with Crippen LogP contribution in [0.5, 0.6) is 0 Å². The van der Waals surface area contributed by atoms with Crippen LogP contribution in [0.15, 0.2) is 24.3 Å². The summed E-state index contributed by atoms with van der Waals surface area (Å²) in [5.74, 6) is 1.11. The highest BCUT2D eigenvalue weighted by Gasteiger charge is 2.24. The zero-order valence-corrected chi connectivity index (χ0v) is 11.1. The van der Waals surface area contributed by atoms with Crippen LogP contribution in [0.1, 0.15) is 37.8 Å². The molecule has 1 aliphatic rings. The lowest BCUT2D eigenvalue weighted by Crippen LogP contribution is -2.31. The first-order valence-electron chi connectivity index (χ1n) is 6.41. The lowest BCUT2D eigenvalue weighted by molar-refractivity contribution is 0.490. The molecule has 17 heavy (non-hydrogen) atoms. The Labute approximate surface area is 107 Å². The van der Waals surface area contributed by atoms with E-state index in [4.69, 9.17) is 0 Å². The highest BCUT2D eigenvalue weighted by molar-refractivity contribution is 8.00. The zero-order chi connectivity index (χ0) is 12.1. The van der Waals surface area contributed by atoms with Crippen molar-refractivity contribution in [2.75, 3.05) is 12.3 Å². The molecule has 1 saturated heterocycles. The number of hydrogen-bond acceptors (Lipinski definition) is 2. The summed E-state index contributed by atoms with van der Waals surface area (Å²) in [4.78, 5) is 0. The summed E-state index contributed by atoms with van der Waals surface area (Å²) >= 11 is 2.05. The van der Waals surface area contributed by atoms with E-state index in [0.717, 1.165) is 6.54 Å². The normalized spacial score (nSPS) is 22.4. The van der Waals surface area contributed by atoms with Crippen molar-refractivity contribution < 1.29 is 4.39 Å². The average Bonchev–Trinajstić information content (AvgIpc) is 2.38. The standard InChI is InChI=1S/C14H20FNS/c1-2-16-14(13-5-3-4-10-17-13)11-6-8-12(15)9-7-11/h6-9,13-14,16H,2-5,10H2,1H3. The molecule has 0 radical (unpaired) electrons. The Kier molecular flexibility index (Phi) is 4.86. The second-order valence-electron chi connectivity index (χ2n) is 4.49. The van der Waals surface area contributed by atoms with Gasteiger partial charge in [-0.15, -0.1) is 0 Å². The molecule has 2 atom stereocenters. The Morgan fingerprint density at radius 2 is 2.12 bits per heavy atom. The molecule has 1 heterocycles. The van der Waals surface area contributed by atoms with Gasteiger partial charge in [0.2, 0.25) is 0 Å². The van der Waals surface area contributed by atoms with Gasteiger partial charge in [0.15, 0.2) is 0 Å². The third-order valence-electron chi connectivity index (χ3n) is 3.24. The molecule has 0 spiro atoms. The molecule has 94 valence electrons. The van der Waals surface area contributed by atoms with Gasteiger partial charge < -0.3 is 5.32 Å². The summed E-state index contributed by atoms with van der Waals surface area (Å²) in [6.45, 7) is 3.09. The van der Waals surface area contributed by atoms with Gasteiger partial charge in [0.25, 0.3) is 0 Å². The maximum Gasteiger partial charge on any atom is 0.123 e. The zero-order valence-electron chi connectivity index (χ0n) is 10.3. The first-order chi connectivity index (χ1) is 8.31. The predicted molar refractivity (Wildman–Crippen MR) is 72.9 cm³/mol. The molecule has 2 rings (SSSR count). The van der Waals surface area contributed by atoms with Crippen molar-refractivity contribution in [2.24, 2.45) is 0 Å². The number of nitrogens with one attached hydrogen (secondary N) is 1. The summed E-state index contributed by atoms with van der Waals surface area (Å²) in [5, 5.41) is 4.18. The Hall–Kier alpha value is -0.540. The van der Waals surface area contributed by atoms with E-state index >= 15 is 0 Å². The minimum atomic E-state index is -0.153. The van der Waals surface area contributed by atoms with Gasteiger partial charge in [-0.1, -0.05) is 25.5 Å². The molecule has 0 aromatic heterocycles. The first-order valence-corrected chi connectivity index (χ1v) is 7.46. The second kappa shape index (κ2) is 6.41. The van der Waals surface area contributed by atoms with Gasteiger partial charge in [-0.25, -0.2) is 4.39 Å². The van der Waals surface area contributed by atoms with Crippen LogP contribution in [0.4, 0.5) is 4.39 Å². The minimum Gasteiger partial charge on any atom is -0.309 e. The van der Waals surface area contributed by atoms with Crippen molar-refractivity contribution in [3.05, 3.63) is 35.6 Å². The lowest BCUT2D eigenvalue weighted by atomic mass is 9.99. The van der Waals surface area contributed by atoms with Crippen LogP contribution in [0.2, 0.25) is 0 Å². The monoisotopic (exact) mass is 253 g/mol. The Bertz CT molecular complexity index is 333. The third kappa shape index (κ3) is 3.46. The largest absolute Gasteiger partial charge is 0.309 e. The predicted octanol–water partition coefficient (Wildman–Crippen LogP) is 3.76. The van der Waals surface area contributed by atoms with Crippen LogP contribution in [0.25, 0.3) is 0 Å². The van der Waals surface area contributed by atoms with Crippen LogP contribution < -0.4 is 5.32 Å². The fourth-order valence-corrected chi connectivity index (χ4v) is 3.84. The van der Waals surface area contributed by atoms with Gasteiger partial charge in [-0.05, 0) is 42.8 Å². The van der Waals surface area contributed by atoms with Gasteiger partial charge in [-0.2, -0.15) is 11.8 Å². The maximum absolute atomic E-state index is 13.0. The molecular weight excluding hydrogens is 233 g/mol. The van der Waals surface area contributed by atoms with E-state index in [1.807, 2.05) is 12.1 Å². The number of benzene rings is 1. The van der Waals surface area contributed by atoms with Crippen molar-refractivity contribution in [3.63, 3.8) is 0 Å². The SMILES string of the molecule is CCNC(c1ccc(F)cc1)C1CCCCS1. The smallest absolute Gasteiger partial charge is 0.123 e. The number of hydrogen-bond donors (Lipinski definition) is 1. The van der Waals surface area contributed by atoms with Gasteiger partial charge in [0.05, 0.1) is 0 Å². The molecule has 2 unspecified atom stereocenters. The summed E-state index contributed by atoms with van der Waals surface area (Å²) in [6, 6.07) is 7.32. The maximum atomic E-state index is 13.0. The number of thioether (sulfide) groups is 1. The highest BCUT2D eigenvalue weighted by Crippen LogP contribution is 2.34. The first kappa shape index (κ1) is 12.9. The quantitative estimate of drug-likeness (QED) is 0.877. The van der Waals surface area contributed by atoms with Crippen LogP contribution in [0, 0.1) is 5.82 Å². The fraction of sp³-hybridized carbons (Fsp3) is 0.571. The molecular formula is C14H20FNS. The van der Waals surface area contributed by atoms with E-state index in [1.165, 1.54) is 30.6 Å². The van der Waals surface area contributed by atoms with Gasteiger partial charge >= 0.3 is 0 Å². The van der Waals surface area contributed by atoms with E-state index in [9.17, 15) is 4.39 Å². The Balaban J connectivity index is 2.12. The van der Waals surface area contributed by atoms with E-state index in [0.29, 0.717) is 11.3 Å². The Morgan fingerprint density at radius 1 is 1.35 bits per heavy atom. The van der Waals surface area contributed by atoms with Crippen LogP contribution in [-0.4, -0.2) is 17.5 Å². The summed E-state index contributed by atoms with van der Waals surface area (Å²) in [7, 11) is 0. The summed E-state index contributed by atoms with van der Waals surface area (Å²) in [6.07, 6.45) is 3.92. The van der Waals surface area contributed by atoms with Crippen LogP contribution in [0.3, 0.4) is 0 Å². The molecule has 0 bridgehead atoms. The molecule has 1 aromatic rings. The van der Waals surface area contributed by atoms with Crippen LogP contribution >= 0.6 is 11.8 Å². The molecule has 3 heteroatoms.